The molecule has 0 aliphatic carbocycles. The van der Waals surface area contributed by atoms with Crippen LogP contribution in [0.3, 0.4) is 0 Å². The van der Waals surface area contributed by atoms with Crippen LogP contribution in [0.2, 0.25) is 0 Å². The fraction of sp³-hybridized carbons (Fsp3) is 0.433. The van der Waals surface area contributed by atoms with Crippen LogP contribution in [0.25, 0.3) is 10.9 Å². The minimum atomic E-state index is -1.64. The Bertz CT molecular complexity index is 1580. The summed E-state index contributed by atoms with van der Waals surface area (Å²) in [6, 6.07) is 2.63. The summed E-state index contributed by atoms with van der Waals surface area (Å²) in [7, 11) is 3.05. The first-order valence-electron chi connectivity index (χ1n) is 14.1. The first kappa shape index (κ1) is 32.5. The normalized spacial score (nSPS) is 16.4. The van der Waals surface area contributed by atoms with Crippen LogP contribution in [0, 0.1) is 22.9 Å². The molecule has 0 saturated carbocycles. The van der Waals surface area contributed by atoms with E-state index in [9.17, 15) is 27.6 Å². The molecule has 1 saturated heterocycles. The number of carbonyl (C=O) groups is 3. The molecule has 1 fully saturated rings. The Balaban J connectivity index is 1.62. The van der Waals surface area contributed by atoms with E-state index in [1.165, 1.54) is 30.5 Å². The van der Waals surface area contributed by atoms with Gasteiger partial charge in [-0.3, -0.25) is 14.4 Å². The van der Waals surface area contributed by atoms with Crippen molar-refractivity contribution in [3.63, 3.8) is 0 Å². The number of methoxy groups -OCH3 is 1. The number of carbonyl (C=O) groups excluding carboxylic acids is 3. The van der Waals surface area contributed by atoms with E-state index in [2.05, 4.69) is 31.2 Å². The Morgan fingerprint density at radius 1 is 1.07 bits per heavy atom. The van der Waals surface area contributed by atoms with Crippen LogP contribution in [0.1, 0.15) is 40.5 Å². The molecule has 14 heteroatoms. The first-order valence-corrected chi connectivity index (χ1v) is 14.1. The molecule has 4 N–H and O–H groups in total. The molecule has 44 heavy (non-hydrogen) atoms. The Morgan fingerprint density at radius 3 is 2.45 bits per heavy atom. The number of rotatable bonds is 9. The summed E-state index contributed by atoms with van der Waals surface area (Å²) in [4.78, 5) is 49.9. The molecule has 2 heterocycles. The smallest absolute Gasteiger partial charge is 0.247 e. The molecule has 1 aromatic heterocycles. The van der Waals surface area contributed by atoms with E-state index in [0.29, 0.717) is 30.3 Å². The molecule has 236 valence electrons. The minimum Gasteiger partial charge on any atom is -0.494 e. The van der Waals surface area contributed by atoms with Crippen molar-refractivity contribution in [1.29, 1.82) is 0 Å². The predicted molar refractivity (Wildman–Crippen MR) is 159 cm³/mol. The number of likely N-dealkylation sites (tertiary alicyclic amines) is 1. The molecule has 3 atom stereocenters. The molecule has 3 aromatic rings. The monoisotopic (exact) mass is 615 g/mol. The zero-order valence-corrected chi connectivity index (χ0v) is 25.3. The summed E-state index contributed by atoms with van der Waals surface area (Å²) in [5.74, 6) is -5.25. The van der Waals surface area contributed by atoms with Crippen molar-refractivity contribution in [2.75, 3.05) is 31.3 Å². The zero-order chi connectivity index (χ0) is 32.3. The molecule has 0 spiro atoms. The second-order valence-corrected chi connectivity index (χ2v) is 11.6. The highest BCUT2D eigenvalue weighted by Crippen LogP contribution is 2.35. The number of hydrogen-bond acceptors (Lipinski definition) is 8. The van der Waals surface area contributed by atoms with Gasteiger partial charge in [-0.25, -0.2) is 23.1 Å². The lowest BCUT2D eigenvalue weighted by molar-refractivity contribution is -0.143. The lowest BCUT2D eigenvalue weighted by atomic mass is 9.85. The van der Waals surface area contributed by atoms with Gasteiger partial charge in [-0.1, -0.05) is 20.8 Å². The van der Waals surface area contributed by atoms with Gasteiger partial charge in [0.2, 0.25) is 17.7 Å². The number of amides is 3. The Hall–Kier alpha value is -4.46. The zero-order valence-electron chi connectivity index (χ0n) is 25.3. The number of likely N-dealkylation sites (N-methyl/N-ethyl adjacent to an activating group) is 1. The molecule has 0 radical (unpaired) electrons. The third kappa shape index (κ3) is 6.69. The number of fused-ring (bicyclic) bond motifs is 1. The standard InChI is InChI=1S/C30H36F3N7O4/c1-15(34-5)27(41)39-25(30(2,3)4)29(43)40-11-7-8-21(40)28(42)38-20-12-16-19(13-22(20)44-6)35-14-36-26(16)37-18-10-9-17(31)23(32)24(18)33/h9-10,12-15,21,25,34H,7-8,11H2,1-6H3,(H,38,42)(H,39,41)(H,35,36,37). The first-order chi connectivity index (χ1) is 20.8. The van der Waals surface area contributed by atoms with Crippen molar-refractivity contribution in [1.82, 2.24) is 25.5 Å². The van der Waals surface area contributed by atoms with E-state index in [4.69, 9.17) is 4.74 Å². The van der Waals surface area contributed by atoms with Gasteiger partial charge in [-0.15, -0.1) is 0 Å². The van der Waals surface area contributed by atoms with Gasteiger partial charge in [0.05, 0.1) is 30.0 Å². The second kappa shape index (κ2) is 13.0. The highest BCUT2D eigenvalue weighted by atomic mass is 19.2. The van der Waals surface area contributed by atoms with Gasteiger partial charge in [0.15, 0.2) is 17.5 Å². The molecule has 1 aliphatic heterocycles. The molecule has 2 aromatic carbocycles. The average molecular weight is 616 g/mol. The van der Waals surface area contributed by atoms with Crippen molar-refractivity contribution < 1.29 is 32.3 Å². The summed E-state index contributed by atoms with van der Waals surface area (Å²) in [5, 5.41) is 11.5. The lowest BCUT2D eigenvalue weighted by Gasteiger charge is -2.36. The summed E-state index contributed by atoms with van der Waals surface area (Å²) in [6.07, 6.45) is 2.18. The highest BCUT2D eigenvalue weighted by Gasteiger charge is 2.42. The molecule has 3 amide bonds. The number of nitrogens with one attached hydrogen (secondary N) is 4. The van der Waals surface area contributed by atoms with Crippen LogP contribution in [-0.2, 0) is 14.4 Å². The number of benzene rings is 2. The molecule has 4 rings (SSSR count). The van der Waals surface area contributed by atoms with Crippen molar-refractivity contribution in [2.45, 2.75) is 58.7 Å². The highest BCUT2D eigenvalue weighted by molar-refractivity contribution is 6.03. The van der Waals surface area contributed by atoms with E-state index < -0.39 is 46.9 Å². The quantitative estimate of drug-likeness (QED) is 0.267. The SMILES string of the molecule is CNC(C)C(=O)NC(C(=O)N1CCCC1C(=O)Nc1cc2c(Nc3ccc(F)c(F)c3F)ncnc2cc1OC)C(C)(C)C. The molecular formula is C30H36F3N7O4. The third-order valence-corrected chi connectivity index (χ3v) is 7.57. The predicted octanol–water partition coefficient (Wildman–Crippen LogP) is 3.87. The number of hydrogen-bond donors (Lipinski definition) is 4. The van der Waals surface area contributed by atoms with E-state index in [1.807, 2.05) is 20.8 Å². The minimum absolute atomic E-state index is 0.0651. The third-order valence-electron chi connectivity index (χ3n) is 7.57. The van der Waals surface area contributed by atoms with Crippen LogP contribution in [0.5, 0.6) is 5.75 Å². The van der Waals surface area contributed by atoms with Crippen LogP contribution in [0.15, 0.2) is 30.6 Å². The van der Waals surface area contributed by atoms with Crippen molar-refractivity contribution in [3.05, 3.63) is 48.0 Å². The van der Waals surface area contributed by atoms with E-state index >= 15 is 0 Å². The van der Waals surface area contributed by atoms with Crippen molar-refractivity contribution in [2.24, 2.45) is 5.41 Å². The maximum Gasteiger partial charge on any atom is 0.247 e. The van der Waals surface area contributed by atoms with E-state index in [-0.39, 0.29) is 34.8 Å². The van der Waals surface area contributed by atoms with Gasteiger partial charge >= 0.3 is 0 Å². The van der Waals surface area contributed by atoms with Crippen LogP contribution in [0.4, 0.5) is 30.4 Å². The topological polar surface area (TPSA) is 138 Å². The number of halogens is 3. The molecular weight excluding hydrogens is 579 g/mol. The molecule has 1 aliphatic rings. The summed E-state index contributed by atoms with van der Waals surface area (Å²) in [5.41, 5.74) is -0.411. The maximum absolute atomic E-state index is 14.4. The maximum atomic E-state index is 14.4. The average Bonchev–Trinajstić information content (AvgIpc) is 3.49. The Kier molecular flexibility index (Phi) is 9.62. The molecule has 3 unspecified atom stereocenters. The van der Waals surface area contributed by atoms with Gasteiger partial charge in [-0.2, -0.15) is 0 Å². The van der Waals surface area contributed by atoms with Crippen LogP contribution < -0.4 is 26.0 Å². The summed E-state index contributed by atoms with van der Waals surface area (Å²) >= 11 is 0. The van der Waals surface area contributed by atoms with Gasteiger partial charge in [0.1, 0.15) is 30.0 Å². The number of nitrogens with zero attached hydrogens (tertiary/aromatic N) is 3. The van der Waals surface area contributed by atoms with Crippen molar-refractivity contribution in [3.8, 4) is 5.75 Å². The fourth-order valence-corrected chi connectivity index (χ4v) is 4.93. The fourth-order valence-electron chi connectivity index (χ4n) is 4.93. The Morgan fingerprint density at radius 2 is 1.80 bits per heavy atom. The van der Waals surface area contributed by atoms with Gasteiger partial charge in [0, 0.05) is 18.0 Å². The van der Waals surface area contributed by atoms with Crippen molar-refractivity contribution >= 4 is 45.8 Å². The lowest BCUT2D eigenvalue weighted by Crippen LogP contribution is -2.59. The summed E-state index contributed by atoms with van der Waals surface area (Å²) in [6.45, 7) is 7.53. The number of aromatic nitrogens is 2. The summed E-state index contributed by atoms with van der Waals surface area (Å²) < 4.78 is 47.2. The number of ether oxygens (including phenoxy) is 1. The Labute approximate surface area is 252 Å². The molecule has 11 nitrogen and oxygen atoms in total. The van der Waals surface area contributed by atoms with E-state index in [1.54, 1.807) is 14.0 Å². The second-order valence-electron chi connectivity index (χ2n) is 11.6. The van der Waals surface area contributed by atoms with E-state index in [0.717, 1.165) is 12.1 Å². The molecule has 0 bridgehead atoms. The van der Waals surface area contributed by atoms with Crippen LogP contribution >= 0.6 is 0 Å². The van der Waals surface area contributed by atoms with Gasteiger partial charge in [0.25, 0.3) is 0 Å². The largest absolute Gasteiger partial charge is 0.494 e. The number of anilines is 3. The van der Waals surface area contributed by atoms with Gasteiger partial charge in [-0.05, 0) is 50.4 Å². The van der Waals surface area contributed by atoms with Crippen LogP contribution in [-0.4, -0.2) is 71.4 Å². The van der Waals surface area contributed by atoms with Gasteiger partial charge < -0.3 is 30.9 Å².